The van der Waals surface area contributed by atoms with Crippen LogP contribution in [0.4, 0.5) is 0 Å². The average Bonchev–Trinajstić information content (AvgIpc) is 2.94. The van der Waals surface area contributed by atoms with Gasteiger partial charge in [0.25, 0.3) is 0 Å². The molecule has 0 saturated carbocycles. The van der Waals surface area contributed by atoms with Crippen LogP contribution in [0.1, 0.15) is 42.5 Å². The van der Waals surface area contributed by atoms with Gasteiger partial charge in [0.05, 0.1) is 10.7 Å². The summed E-state index contributed by atoms with van der Waals surface area (Å²) in [5, 5.41) is 3.55. The molecule has 2 bridgehead atoms. The highest BCUT2D eigenvalue weighted by molar-refractivity contribution is 7.09. The molecule has 0 N–H and O–H groups in total. The number of fused-ring (bicyclic) bond motifs is 4. The van der Waals surface area contributed by atoms with E-state index in [0.717, 1.165) is 24.9 Å². The van der Waals surface area contributed by atoms with Gasteiger partial charge in [-0.25, -0.2) is 4.98 Å². The summed E-state index contributed by atoms with van der Waals surface area (Å²) in [5.74, 6) is 0.842. The summed E-state index contributed by atoms with van der Waals surface area (Å²) in [6, 6.07) is 11.6. The van der Waals surface area contributed by atoms with Gasteiger partial charge in [0.2, 0.25) is 0 Å². The van der Waals surface area contributed by atoms with Crippen molar-refractivity contribution in [1.29, 1.82) is 0 Å². The highest BCUT2D eigenvalue weighted by atomic mass is 32.1. The van der Waals surface area contributed by atoms with Gasteiger partial charge >= 0.3 is 0 Å². The molecular weight excluding hydrogens is 338 g/mol. The number of aryl methyl sites for hydroxylation is 2. The molecule has 3 saturated heterocycles. The molecule has 2 aromatic rings. The summed E-state index contributed by atoms with van der Waals surface area (Å²) < 4.78 is 0. The standard InChI is InChI=1S/C22H31N3S/c1-2-22-23-20(17-26-22)15-25-14-19-10-11-21(25)16-24(13-19)12-6-9-18-7-4-3-5-8-18/h3-5,7-8,17,19,21H,2,6,9-16H2,1H3/t19-,21+/m0/s1. The van der Waals surface area contributed by atoms with E-state index in [-0.39, 0.29) is 0 Å². The van der Waals surface area contributed by atoms with E-state index in [0.29, 0.717) is 0 Å². The molecule has 5 rings (SSSR count). The molecule has 3 aliphatic rings. The molecule has 0 radical (unpaired) electrons. The Hall–Kier alpha value is -1.23. The van der Waals surface area contributed by atoms with Crippen molar-refractivity contribution in [3.05, 3.63) is 52.0 Å². The topological polar surface area (TPSA) is 19.4 Å². The Morgan fingerprint density at radius 1 is 1.12 bits per heavy atom. The molecule has 26 heavy (non-hydrogen) atoms. The number of benzene rings is 1. The highest BCUT2D eigenvalue weighted by Crippen LogP contribution is 2.29. The van der Waals surface area contributed by atoms with Crippen molar-refractivity contribution in [2.75, 3.05) is 26.2 Å². The van der Waals surface area contributed by atoms with Gasteiger partial charge in [-0.2, -0.15) is 0 Å². The fraction of sp³-hybridized carbons (Fsp3) is 0.591. The third-order valence-corrected chi connectivity index (χ3v) is 6.99. The van der Waals surface area contributed by atoms with Crippen LogP contribution in [0.15, 0.2) is 35.7 Å². The van der Waals surface area contributed by atoms with Gasteiger partial charge in [-0.1, -0.05) is 37.3 Å². The summed E-state index contributed by atoms with van der Waals surface area (Å²) >= 11 is 1.82. The molecule has 4 heteroatoms. The van der Waals surface area contributed by atoms with E-state index in [9.17, 15) is 0 Å². The van der Waals surface area contributed by atoms with Gasteiger partial charge in [-0.15, -0.1) is 11.3 Å². The summed E-state index contributed by atoms with van der Waals surface area (Å²) in [4.78, 5) is 10.3. The van der Waals surface area contributed by atoms with E-state index >= 15 is 0 Å². The van der Waals surface area contributed by atoms with Crippen LogP contribution < -0.4 is 0 Å². The van der Waals surface area contributed by atoms with Gasteiger partial charge in [0.15, 0.2) is 0 Å². The molecule has 3 aliphatic heterocycles. The fourth-order valence-electron chi connectivity index (χ4n) is 4.60. The maximum atomic E-state index is 4.80. The zero-order valence-corrected chi connectivity index (χ0v) is 16.8. The second-order valence-electron chi connectivity index (χ2n) is 7.96. The molecule has 0 amide bonds. The Kier molecular flexibility index (Phi) is 6.03. The summed E-state index contributed by atoms with van der Waals surface area (Å²) in [7, 11) is 0. The first-order chi connectivity index (χ1) is 12.8. The molecule has 1 aromatic carbocycles. The number of hydrogen-bond donors (Lipinski definition) is 0. The lowest BCUT2D eigenvalue weighted by atomic mass is 9.95. The Morgan fingerprint density at radius 2 is 2.00 bits per heavy atom. The van der Waals surface area contributed by atoms with Crippen molar-refractivity contribution in [2.45, 2.75) is 51.6 Å². The van der Waals surface area contributed by atoms with Crippen molar-refractivity contribution >= 4 is 11.3 Å². The minimum absolute atomic E-state index is 0.720. The lowest BCUT2D eigenvalue weighted by Gasteiger charge is -2.35. The van der Waals surface area contributed by atoms with E-state index in [1.807, 2.05) is 11.3 Å². The van der Waals surface area contributed by atoms with Crippen LogP contribution in [0.3, 0.4) is 0 Å². The van der Waals surface area contributed by atoms with Crippen LogP contribution in [-0.2, 0) is 19.4 Å². The predicted octanol–water partition coefficient (Wildman–Crippen LogP) is 4.23. The van der Waals surface area contributed by atoms with Crippen LogP contribution in [0.5, 0.6) is 0 Å². The molecule has 2 atom stereocenters. The van der Waals surface area contributed by atoms with Crippen molar-refractivity contribution in [3.63, 3.8) is 0 Å². The van der Waals surface area contributed by atoms with E-state index in [2.05, 4.69) is 52.4 Å². The Balaban J connectivity index is 1.31. The smallest absolute Gasteiger partial charge is 0.0926 e. The Bertz CT molecular complexity index is 684. The summed E-state index contributed by atoms with van der Waals surface area (Å²) in [5.41, 5.74) is 2.76. The first kappa shape index (κ1) is 18.1. The Labute approximate surface area is 162 Å². The lowest BCUT2D eigenvalue weighted by molar-refractivity contribution is 0.122. The zero-order valence-electron chi connectivity index (χ0n) is 15.9. The van der Waals surface area contributed by atoms with Crippen LogP contribution in [-0.4, -0.2) is 47.0 Å². The molecule has 0 unspecified atom stereocenters. The van der Waals surface area contributed by atoms with Crippen LogP contribution in [0, 0.1) is 5.92 Å². The first-order valence-electron chi connectivity index (χ1n) is 10.2. The zero-order chi connectivity index (χ0) is 17.8. The second-order valence-corrected chi connectivity index (χ2v) is 8.90. The van der Waals surface area contributed by atoms with Crippen molar-refractivity contribution in [2.24, 2.45) is 5.92 Å². The minimum atomic E-state index is 0.720. The number of nitrogens with zero attached hydrogens (tertiary/aromatic N) is 3. The fourth-order valence-corrected chi connectivity index (χ4v) is 5.33. The van der Waals surface area contributed by atoms with Gasteiger partial charge in [0, 0.05) is 37.6 Å². The van der Waals surface area contributed by atoms with Crippen molar-refractivity contribution < 1.29 is 0 Å². The summed E-state index contributed by atoms with van der Waals surface area (Å²) in [6.07, 6.45) is 6.31. The molecule has 140 valence electrons. The third-order valence-electron chi connectivity index (χ3n) is 5.95. The predicted molar refractivity (Wildman–Crippen MR) is 110 cm³/mol. The Morgan fingerprint density at radius 3 is 2.81 bits per heavy atom. The number of aromatic nitrogens is 1. The van der Waals surface area contributed by atoms with Crippen LogP contribution in [0.2, 0.25) is 0 Å². The van der Waals surface area contributed by atoms with Gasteiger partial charge in [0.1, 0.15) is 0 Å². The van der Waals surface area contributed by atoms with Gasteiger partial charge < -0.3 is 4.90 Å². The normalized spacial score (nSPS) is 24.0. The third kappa shape index (κ3) is 4.54. The number of rotatable bonds is 7. The number of hydrogen-bond acceptors (Lipinski definition) is 4. The van der Waals surface area contributed by atoms with Gasteiger partial charge in [-0.3, -0.25) is 4.90 Å². The maximum Gasteiger partial charge on any atom is 0.0926 e. The number of piperidine rings is 1. The number of thiazole rings is 1. The summed E-state index contributed by atoms with van der Waals surface area (Å²) in [6.45, 7) is 8.29. The minimum Gasteiger partial charge on any atom is -0.301 e. The van der Waals surface area contributed by atoms with E-state index in [4.69, 9.17) is 4.98 Å². The van der Waals surface area contributed by atoms with E-state index < -0.39 is 0 Å². The van der Waals surface area contributed by atoms with E-state index in [1.54, 1.807) is 0 Å². The molecular formula is C22H31N3S. The lowest BCUT2D eigenvalue weighted by Crippen LogP contribution is -2.43. The molecule has 0 spiro atoms. The SMILES string of the molecule is CCc1nc(CN2C[C@H]3CC[C@@H]2CN(CCCc2ccccc2)C3)cs1. The van der Waals surface area contributed by atoms with Gasteiger partial charge in [-0.05, 0) is 50.1 Å². The van der Waals surface area contributed by atoms with Crippen LogP contribution >= 0.6 is 11.3 Å². The monoisotopic (exact) mass is 369 g/mol. The molecule has 3 fully saturated rings. The largest absolute Gasteiger partial charge is 0.301 e. The highest BCUT2D eigenvalue weighted by Gasteiger charge is 2.34. The molecule has 1 aromatic heterocycles. The van der Waals surface area contributed by atoms with Crippen molar-refractivity contribution in [3.8, 4) is 0 Å². The molecule has 0 aliphatic carbocycles. The van der Waals surface area contributed by atoms with Crippen molar-refractivity contribution in [1.82, 2.24) is 14.8 Å². The van der Waals surface area contributed by atoms with E-state index in [1.165, 1.54) is 68.1 Å². The maximum absolute atomic E-state index is 4.80. The first-order valence-corrected chi connectivity index (χ1v) is 11.1. The second kappa shape index (κ2) is 8.64. The van der Waals surface area contributed by atoms with Crippen LogP contribution in [0.25, 0.3) is 0 Å². The molecule has 3 nitrogen and oxygen atoms in total. The molecule has 4 heterocycles. The quantitative estimate of drug-likeness (QED) is 0.728. The average molecular weight is 370 g/mol.